The summed E-state index contributed by atoms with van der Waals surface area (Å²) in [7, 11) is -1.35. The Morgan fingerprint density at radius 1 is 1.25 bits per heavy atom. The quantitative estimate of drug-likeness (QED) is 0.269. The molecule has 0 bridgehead atoms. The lowest BCUT2D eigenvalue weighted by Crippen LogP contribution is -2.43. The van der Waals surface area contributed by atoms with Crippen LogP contribution in [0.15, 0.2) is 35.3 Å². The first-order valence-electron chi connectivity index (χ1n) is 7.72. The normalized spacial score (nSPS) is 17.1. The van der Waals surface area contributed by atoms with Gasteiger partial charge >= 0.3 is 0 Å². The number of hydrogen-bond donors (Lipinski definition) is 2. The largest absolute Gasteiger partial charge is 0.492 e. The highest BCUT2D eigenvalue weighted by Gasteiger charge is 2.27. The van der Waals surface area contributed by atoms with Crippen LogP contribution < -0.4 is 15.4 Å². The molecule has 1 aromatic rings. The second-order valence-electron chi connectivity index (χ2n) is 5.16. The van der Waals surface area contributed by atoms with Crippen LogP contribution in [0.25, 0.3) is 0 Å². The van der Waals surface area contributed by atoms with E-state index in [-0.39, 0.29) is 29.7 Å². The zero-order valence-electron chi connectivity index (χ0n) is 13.8. The average Bonchev–Trinajstić information content (AvgIpc) is 2.89. The molecular weight excluding hydrogens is 443 g/mol. The van der Waals surface area contributed by atoms with Gasteiger partial charge in [-0.2, -0.15) is 0 Å². The van der Waals surface area contributed by atoms with Gasteiger partial charge in [0.25, 0.3) is 0 Å². The van der Waals surface area contributed by atoms with E-state index in [9.17, 15) is 8.42 Å². The number of sulfonamides is 1. The van der Waals surface area contributed by atoms with Crippen LogP contribution >= 0.6 is 24.0 Å². The minimum absolute atomic E-state index is 0. The van der Waals surface area contributed by atoms with Gasteiger partial charge < -0.3 is 15.4 Å². The molecule has 0 aromatic heterocycles. The number of ether oxygens (including phenoxy) is 1. The molecule has 1 fully saturated rings. The maximum absolute atomic E-state index is 11.7. The molecule has 2 N–H and O–H groups in total. The summed E-state index contributed by atoms with van der Waals surface area (Å²) in [5.41, 5.74) is 0. The van der Waals surface area contributed by atoms with Crippen molar-refractivity contribution in [2.75, 3.05) is 45.6 Å². The summed E-state index contributed by atoms with van der Waals surface area (Å²) in [5.74, 6) is 1.73. The van der Waals surface area contributed by atoms with Crippen molar-refractivity contribution in [3.8, 4) is 5.75 Å². The molecule has 136 valence electrons. The van der Waals surface area contributed by atoms with Crippen molar-refractivity contribution < 1.29 is 13.2 Å². The Kier molecular flexibility index (Phi) is 9.37. The monoisotopic (exact) mass is 468 g/mol. The van der Waals surface area contributed by atoms with Crippen molar-refractivity contribution in [2.24, 2.45) is 4.99 Å². The lowest BCUT2D eigenvalue weighted by molar-refractivity contribution is 0.322. The molecule has 24 heavy (non-hydrogen) atoms. The van der Waals surface area contributed by atoms with Crippen molar-refractivity contribution >= 4 is 40.0 Å². The van der Waals surface area contributed by atoms with Crippen molar-refractivity contribution in [3.05, 3.63) is 30.3 Å². The highest BCUT2D eigenvalue weighted by Crippen LogP contribution is 2.11. The fourth-order valence-electron chi connectivity index (χ4n) is 2.32. The molecule has 0 saturated carbocycles. The van der Waals surface area contributed by atoms with E-state index >= 15 is 0 Å². The highest BCUT2D eigenvalue weighted by atomic mass is 127. The summed E-state index contributed by atoms with van der Waals surface area (Å²) in [4.78, 5) is 4.10. The second kappa shape index (κ2) is 10.7. The van der Waals surface area contributed by atoms with E-state index in [4.69, 9.17) is 4.74 Å². The summed E-state index contributed by atoms with van der Waals surface area (Å²) >= 11 is 0. The minimum atomic E-state index is -3.03. The van der Waals surface area contributed by atoms with Crippen LogP contribution in [0.1, 0.15) is 6.42 Å². The Morgan fingerprint density at radius 2 is 1.96 bits per heavy atom. The van der Waals surface area contributed by atoms with Gasteiger partial charge in [-0.25, -0.2) is 12.7 Å². The lowest BCUT2D eigenvalue weighted by Gasteiger charge is -2.16. The molecule has 1 aliphatic rings. The third kappa shape index (κ3) is 6.81. The van der Waals surface area contributed by atoms with Crippen LogP contribution in [-0.2, 0) is 10.0 Å². The molecule has 0 aliphatic carbocycles. The van der Waals surface area contributed by atoms with Crippen LogP contribution in [0.4, 0.5) is 0 Å². The first kappa shape index (κ1) is 21.0. The van der Waals surface area contributed by atoms with E-state index in [1.807, 2.05) is 30.3 Å². The van der Waals surface area contributed by atoms with E-state index in [0.717, 1.165) is 5.75 Å². The van der Waals surface area contributed by atoms with E-state index in [2.05, 4.69) is 15.6 Å². The van der Waals surface area contributed by atoms with Gasteiger partial charge in [0.15, 0.2) is 5.96 Å². The Morgan fingerprint density at radius 3 is 2.58 bits per heavy atom. The van der Waals surface area contributed by atoms with Crippen molar-refractivity contribution in [2.45, 2.75) is 6.42 Å². The van der Waals surface area contributed by atoms with Crippen LogP contribution in [0.5, 0.6) is 5.75 Å². The summed E-state index contributed by atoms with van der Waals surface area (Å²) in [6.45, 7) is 2.73. The number of aliphatic imine (C=N–C) groups is 1. The number of benzene rings is 1. The number of guanidine groups is 1. The predicted octanol–water partition coefficient (Wildman–Crippen LogP) is 0.884. The molecule has 0 amide bonds. The van der Waals surface area contributed by atoms with E-state index in [0.29, 0.717) is 45.2 Å². The second-order valence-corrected chi connectivity index (χ2v) is 7.24. The average molecular weight is 468 g/mol. The Labute approximate surface area is 160 Å². The minimum Gasteiger partial charge on any atom is -0.492 e. The molecule has 2 rings (SSSR count). The molecule has 0 radical (unpaired) electrons. The van der Waals surface area contributed by atoms with Gasteiger partial charge in [0.1, 0.15) is 12.4 Å². The van der Waals surface area contributed by atoms with Gasteiger partial charge in [-0.3, -0.25) is 4.99 Å². The van der Waals surface area contributed by atoms with Crippen LogP contribution in [0, 0.1) is 0 Å². The molecular formula is C15H25IN4O3S. The first-order valence-corrected chi connectivity index (χ1v) is 9.33. The third-order valence-corrected chi connectivity index (χ3v) is 5.44. The topological polar surface area (TPSA) is 83.0 Å². The predicted molar refractivity (Wildman–Crippen MR) is 107 cm³/mol. The van der Waals surface area contributed by atoms with Gasteiger partial charge in [0, 0.05) is 26.7 Å². The Hall–Kier alpha value is -1.07. The number of para-hydroxylation sites is 1. The molecule has 0 spiro atoms. The van der Waals surface area contributed by atoms with Crippen LogP contribution in [0.2, 0.25) is 0 Å². The fourth-order valence-corrected chi connectivity index (χ4v) is 3.85. The molecule has 7 nitrogen and oxygen atoms in total. The summed E-state index contributed by atoms with van der Waals surface area (Å²) in [5, 5.41) is 6.24. The molecule has 0 atom stereocenters. The summed E-state index contributed by atoms with van der Waals surface area (Å²) in [6.07, 6.45) is 0.714. The van der Waals surface area contributed by atoms with Crippen LogP contribution in [-0.4, -0.2) is 64.3 Å². The molecule has 0 unspecified atom stereocenters. The zero-order valence-corrected chi connectivity index (χ0v) is 16.9. The fraction of sp³-hybridized carbons (Fsp3) is 0.533. The summed E-state index contributed by atoms with van der Waals surface area (Å²) in [6, 6.07) is 9.61. The number of rotatable bonds is 7. The number of hydrogen-bond acceptors (Lipinski definition) is 4. The van der Waals surface area contributed by atoms with Crippen molar-refractivity contribution in [3.63, 3.8) is 0 Å². The summed E-state index contributed by atoms with van der Waals surface area (Å²) < 4.78 is 30.5. The van der Waals surface area contributed by atoms with Gasteiger partial charge in [-0.05, 0) is 18.6 Å². The zero-order chi connectivity index (χ0) is 16.5. The highest BCUT2D eigenvalue weighted by molar-refractivity contribution is 14.0. The van der Waals surface area contributed by atoms with E-state index in [1.165, 1.54) is 4.31 Å². The number of nitrogens with one attached hydrogen (secondary N) is 2. The van der Waals surface area contributed by atoms with Crippen molar-refractivity contribution in [1.82, 2.24) is 14.9 Å². The van der Waals surface area contributed by atoms with Gasteiger partial charge in [-0.1, -0.05) is 18.2 Å². The lowest BCUT2D eigenvalue weighted by atomic mass is 10.3. The molecule has 1 saturated heterocycles. The SMILES string of the molecule is CN=C(NCCOc1ccccc1)NCCN1CCCS1(=O)=O.I. The third-order valence-electron chi connectivity index (χ3n) is 3.49. The standard InChI is InChI=1S/C15H24N4O3S.HI/c1-16-15(17-8-11-19-10-5-13-23(19,20)21)18-9-12-22-14-6-3-2-4-7-14;/h2-4,6-7H,5,8-13H2,1H3,(H2,16,17,18);1H. The van der Waals surface area contributed by atoms with Gasteiger partial charge in [0.05, 0.1) is 12.3 Å². The maximum atomic E-state index is 11.7. The Bertz CT molecular complexity index is 610. The maximum Gasteiger partial charge on any atom is 0.214 e. The molecule has 9 heteroatoms. The van der Waals surface area contributed by atoms with Gasteiger partial charge in [-0.15, -0.1) is 24.0 Å². The van der Waals surface area contributed by atoms with Crippen molar-refractivity contribution in [1.29, 1.82) is 0 Å². The first-order chi connectivity index (χ1) is 11.1. The molecule has 1 heterocycles. The van der Waals surface area contributed by atoms with E-state index in [1.54, 1.807) is 7.05 Å². The number of halogens is 1. The smallest absolute Gasteiger partial charge is 0.214 e. The van der Waals surface area contributed by atoms with Gasteiger partial charge in [0.2, 0.25) is 10.0 Å². The van der Waals surface area contributed by atoms with Crippen LogP contribution in [0.3, 0.4) is 0 Å². The molecule has 1 aromatic carbocycles. The Balaban J connectivity index is 0.00000288. The van der Waals surface area contributed by atoms with E-state index < -0.39 is 10.0 Å². The molecule has 1 aliphatic heterocycles. The number of nitrogens with zero attached hydrogens (tertiary/aromatic N) is 2.